The van der Waals surface area contributed by atoms with E-state index in [9.17, 15) is 0 Å². The topological polar surface area (TPSA) is 21.3 Å². The van der Waals surface area contributed by atoms with Crippen LogP contribution in [0.3, 0.4) is 0 Å². The zero-order valence-electron chi connectivity index (χ0n) is 13.2. The first-order chi connectivity index (χ1) is 10.0. The van der Waals surface area contributed by atoms with Crippen molar-refractivity contribution in [2.45, 2.75) is 64.1 Å². The average molecular weight is 308 g/mol. The predicted molar refractivity (Wildman–Crippen MR) is 88.0 cm³/mol. The molecule has 1 aromatic rings. The monoisotopic (exact) mass is 307 g/mol. The van der Waals surface area contributed by atoms with E-state index in [2.05, 4.69) is 44.3 Å². The third-order valence-electron chi connectivity index (χ3n) is 5.44. The molecule has 0 bridgehead atoms. The van der Waals surface area contributed by atoms with Gasteiger partial charge in [0.15, 0.2) is 0 Å². The van der Waals surface area contributed by atoms with Gasteiger partial charge < -0.3 is 10.1 Å². The van der Waals surface area contributed by atoms with Crippen molar-refractivity contribution in [2.24, 2.45) is 5.41 Å². The van der Waals surface area contributed by atoms with Gasteiger partial charge in [-0.25, -0.2) is 0 Å². The number of halogens is 1. The number of nitrogens with one attached hydrogen (secondary N) is 1. The second-order valence-electron chi connectivity index (χ2n) is 7.14. The van der Waals surface area contributed by atoms with Crippen molar-refractivity contribution >= 4 is 11.6 Å². The maximum absolute atomic E-state index is 6.08. The van der Waals surface area contributed by atoms with Crippen molar-refractivity contribution in [3.8, 4) is 0 Å². The maximum Gasteiger partial charge on any atom is 0.0655 e. The molecule has 116 valence electrons. The second-order valence-corrected chi connectivity index (χ2v) is 7.58. The lowest BCUT2D eigenvalue weighted by Crippen LogP contribution is -2.64. The molecule has 0 saturated heterocycles. The van der Waals surface area contributed by atoms with Crippen LogP contribution in [0.1, 0.15) is 51.5 Å². The van der Waals surface area contributed by atoms with Crippen molar-refractivity contribution in [3.05, 3.63) is 34.9 Å². The van der Waals surface area contributed by atoms with Crippen LogP contribution in [0.2, 0.25) is 5.02 Å². The third-order valence-corrected chi connectivity index (χ3v) is 5.68. The molecule has 2 saturated carbocycles. The van der Waals surface area contributed by atoms with E-state index in [-0.39, 0.29) is 5.41 Å². The molecule has 1 N–H and O–H groups in total. The summed E-state index contributed by atoms with van der Waals surface area (Å²) in [6, 6.07) is 9.57. The highest BCUT2D eigenvalue weighted by molar-refractivity contribution is 6.30. The molecule has 0 aromatic heterocycles. The molecular formula is C18H26ClNO. The molecule has 2 atom stereocenters. The lowest BCUT2D eigenvalue weighted by Gasteiger charge is -2.54. The van der Waals surface area contributed by atoms with Crippen LogP contribution in [-0.2, 0) is 4.74 Å². The Morgan fingerprint density at radius 3 is 2.67 bits per heavy atom. The maximum atomic E-state index is 6.08. The highest BCUT2D eigenvalue weighted by Gasteiger charge is 2.50. The van der Waals surface area contributed by atoms with Crippen LogP contribution in [0.25, 0.3) is 0 Å². The Kier molecular flexibility index (Phi) is 4.31. The van der Waals surface area contributed by atoms with Crippen LogP contribution < -0.4 is 5.32 Å². The molecular weight excluding hydrogens is 282 g/mol. The Morgan fingerprint density at radius 1 is 1.29 bits per heavy atom. The molecule has 0 aliphatic heterocycles. The molecule has 0 radical (unpaired) electrons. The SMILES string of the molecule is CCOC1CC(NC2CC(c3cccc(Cl)c3)C2)C1(C)C. The van der Waals surface area contributed by atoms with E-state index in [1.165, 1.54) is 18.4 Å². The lowest BCUT2D eigenvalue weighted by molar-refractivity contribution is -0.118. The second kappa shape index (κ2) is 5.91. The average Bonchev–Trinajstić information content (AvgIpc) is 2.39. The van der Waals surface area contributed by atoms with Gasteiger partial charge in [-0.2, -0.15) is 0 Å². The molecule has 0 spiro atoms. The normalized spacial score (nSPS) is 34.1. The number of ether oxygens (including phenoxy) is 1. The summed E-state index contributed by atoms with van der Waals surface area (Å²) in [7, 11) is 0. The Bertz CT molecular complexity index is 496. The van der Waals surface area contributed by atoms with Crippen molar-refractivity contribution < 1.29 is 4.74 Å². The first-order valence-corrected chi connectivity index (χ1v) is 8.51. The van der Waals surface area contributed by atoms with Crippen LogP contribution in [0.5, 0.6) is 0 Å². The summed E-state index contributed by atoms with van der Waals surface area (Å²) >= 11 is 6.08. The van der Waals surface area contributed by atoms with E-state index in [1.54, 1.807) is 0 Å². The minimum absolute atomic E-state index is 0.261. The van der Waals surface area contributed by atoms with Crippen molar-refractivity contribution in [1.82, 2.24) is 5.32 Å². The van der Waals surface area contributed by atoms with E-state index in [0.717, 1.165) is 18.1 Å². The first-order valence-electron chi connectivity index (χ1n) is 8.13. The fourth-order valence-corrected chi connectivity index (χ4v) is 3.92. The van der Waals surface area contributed by atoms with Crippen molar-refractivity contribution in [3.63, 3.8) is 0 Å². The van der Waals surface area contributed by atoms with Gasteiger partial charge in [-0.05, 0) is 49.8 Å². The summed E-state index contributed by atoms with van der Waals surface area (Å²) in [5.74, 6) is 0.673. The molecule has 1 aromatic carbocycles. The van der Waals surface area contributed by atoms with Gasteiger partial charge in [0, 0.05) is 29.1 Å². The molecule has 2 aliphatic carbocycles. The Morgan fingerprint density at radius 2 is 2.05 bits per heavy atom. The van der Waals surface area contributed by atoms with E-state index in [4.69, 9.17) is 16.3 Å². The highest BCUT2D eigenvalue weighted by atomic mass is 35.5. The van der Waals surface area contributed by atoms with Gasteiger partial charge in [0.2, 0.25) is 0 Å². The first kappa shape index (κ1) is 15.3. The van der Waals surface area contributed by atoms with Crippen molar-refractivity contribution in [2.75, 3.05) is 6.61 Å². The van der Waals surface area contributed by atoms with Gasteiger partial charge in [0.25, 0.3) is 0 Å². The largest absolute Gasteiger partial charge is 0.378 e. The smallest absolute Gasteiger partial charge is 0.0655 e. The minimum atomic E-state index is 0.261. The Labute approximate surface area is 133 Å². The van der Waals surface area contributed by atoms with Crippen LogP contribution in [-0.4, -0.2) is 24.8 Å². The molecule has 0 heterocycles. The van der Waals surface area contributed by atoms with Gasteiger partial charge in [-0.3, -0.25) is 0 Å². The van der Waals surface area contributed by atoms with E-state index in [1.807, 2.05) is 6.07 Å². The summed E-state index contributed by atoms with van der Waals surface area (Å²) in [6.07, 6.45) is 4.03. The predicted octanol–water partition coefficient (Wildman–Crippen LogP) is 4.38. The molecule has 3 heteroatoms. The number of benzene rings is 1. The summed E-state index contributed by atoms with van der Waals surface area (Å²) < 4.78 is 5.81. The van der Waals surface area contributed by atoms with Crippen LogP contribution in [0.4, 0.5) is 0 Å². The molecule has 2 nitrogen and oxygen atoms in total. The number of hydrogen-bond acceptors (Lipinski definition) is 2. The molecule has 0 amide bonds. The third kappa shape index (κ3) is 2.99. The molecule has 2 aliphatic rings. The fourth-order valence-electron chi connectivity index (χ4n) is 3.72. The Balaban J connectivity index is 1.48. The van der Waals surface area contributed by atoms with E-state index < -0.39 is 0 Å². The quantitative estimate of drug-likeness (QED) is 0.871. The standard InChI is InChI=1S/C18H26ClNO/c1-4-21-17-11-16(18(17,2)3)20-15-9-13(10-15)12-6-5-7-14(19)8-12/h5-8,13,15-17,20H,4,9-11H2,1-3H3. The summed E-state index contributed by atoms with van der Waals surface area (Å²) in [6.45, 7) is 7.54. The summed E-state index contributed by atoms with van der Waals surface area (Å²) in [5.41, 5.74) is 1.65. The summed E-state index contributed by atoms with van der Waals surface area (Å²) in [4.78, 5) is 0. The van der Waals surface area contributed by atoms with E-state index in [0.29, 0.717) is 24.1 Å². The number of hydrogen-bond donors (Lipinski definition) is 1. The van der Waals surface area contributed by atoms with Crippen LogP contribution in [0.15, 0.2) is 24.3 Å². The van der Waals surface area contributed by atoms with Gasteiger partial charge in [-0.1, -0.05) is 37.6 Å². The zero-order chi connectivity index (χ0) is 15.0. The molecule has 21 heavy (non-hydrogen) atoms. The minimum Gasteiger partial charge on any atom is -0.378 e. The van der Waals surface area contributed by atoms with Crippen LogP contribution >= 0.6 is 11.6 Å². The molecule has 2 fully saturated rings. The Hall–Kier alpha value is -0.570. The van der Waals surface area contributed by atoms with Gasteiger partial charge in [0.1, 0.15) is 0 Å². The van der Waals surface area contributed by atoms with Gasteiger partial charge in [-0.15, -0.1) is 0 Å². The van der Waals surface area contributed by atoms with Crippen molar-refractivity contribution in [1.29, 1.82) is 0 Å². The van der Waals surface area contributed by atoms with Crippen LogP contribution in [0, 0.1) is 5.41 Å². The zero-order valence-corrected chi connectivity index (χ0v) is 14.0. The fraction of sp³-hybridized carbons (Fsp3) is 0.667. The number of rotatable bonds is 5. The highest BCUT2D eigenvalue weighted by Crippen LogP contribution is 2.45. The van der Waals surface area contributed by atoms with Gasteiger partial charge in [0.05, 0.1) is 6.10 Å². The lowest BCUT2D eigenvalue weighted by atomic mass is 9.63. The summed E-state index contributed by atoms with van der Waals surface area (Å²) in [5, 5.41) is 4.68. The molecule has 2 unspecified atom stereocenters. The van der Waals surface area contributed by atoms with Gasteiger partial charge >= 0.3 is 0 Å². The van der Waals surface area contributed by atoms with E-state index >= 15 is 0 Å². The molecule has 3 rings (SSSR count).